The van der Waals surface area contributed by atoms with E-state index in [0.29, 0.717) is 30.5 Å². The predicted octanol–water partition coefficient (Wildman–Crippen LogP) is 0.333. The molecular formula is C17H22ClN5O3. The highest BCUT2D eigenvalue weighted by atomic mass is 35.5. The van der Waals surface area contributed by atoms with Gasteiger partial charge in [-0.15, -0.1) is 5.10 Å². The first-order valence-electron chi connectivity index (χ1n) is 8.45. The van der Waals surface area contributed by atoms with E-state index in [0.717, 1.165) is 30.0 Å². The van der Waals surface area contributed by atoms with Gasteiger partial charge in [0.15, 0.2) is 0 Å². The van der Waals surface area contributed by atoms with Crippen LogP contribution in [0.15, 0.2) is 33.9 Å². The predicted molar refractivity (Wildman–Crippen MR) is 100 cm³/mol. The van der Waals surface area contributed by atoms with Gasteiger partial charge in [-0.25, -0.2) is 9.48 Å². The van der Waals surface area contributed by atoms with Gasteiger partial charge in [0.2, 0.25) is 5.82 Å². The van der Waals surface area contributed by atoms with Crippen LogP contribution in [0.4, 0.5) is 5.82 Å². The molecule has 0 aliphatic carbocycles. The van der Waals surface area contributed by atoms with Gasteiger partial charge in [-0.1, -0.05) is 11.6 Å². The number of aromatic nitrogens is 3. The quantitative estimate of drug-likeness (QED) is 0.745. The molecule has 0 amide bonds. The Morgan fingerprint density at radius 1 is 1.08 bits per heavy atom. The maximum Gasteiger partial charge on any atom is 0.346 e. The highest BCUT2D eigenvalue weighted by Gasteiger charge is 2.21. The summed E-state index contributed by atoms with van der Waals surface area (Å²) in [6.07, 6.45) is 0. The molecule has 0 saturated carbocycles. The van der Waals surface area contributed by atoms with E-state index in [1.807, 2.05) is 17.0 Å². The van der Waals surface area contributed by atoms with Crippen molar-refractivity contribution in [3.8, 4) is 5.75 Å². The highest BCUT2D eigenvalue weighted by molar-refractivity contribution is 6.30. The highest BCUT2D eigenvalue weighted by Crippen LogP contribution is 2.15. The Balaban J connectivity index is 1.52. The van der Waals surface area contributed by atoms with Crippen molar-refractivity contribution in [1.29, 1.82) is 0 Å². The van der Waals surface area contributed by atoms with Crippen LogP contribution < -0.4 is 20.9 Å². The average Bonchev–Trinajstić information content (AvgIpc) is 2.65. The summed E-state index contributed by atoms with van der Waals surface area (Å²) in [7, 11) is 3.02. The second-order valence-electron chi connectivity index (χ2n) is 6.23. The van der Waals surface area contributed by atoms with E-state index in [9.17, 15) is 9.59 Å². The Kier molecular flexibility index (Phi) is 5.63. The summed E-state index contributed by atoms with van der Waals surface area (Å²) < 4.78 is 8.01. The smallest absolute Gasteiger partial charge is 0.346 e. The molecule has 8 nitrogen and oxygen atoms in total. The third kappa shape index (κ3) is 4.08. The third-order valence-electron chi connectivity index (χ3n) is 4.47. The van der Waals surface area contributed by atoms with Crippen LogP contribution in [0, 0.1) is 0 Å². The number of nitrogens with zero attached hydrogens (tertiary/aromatic N) is 5. The molecule has 2 aromatic rings. The SMILES string of the molecule is Cn1nc(N2CCN(CCOc3ccc(Cl)cc3)CC2)c(=O)n(C)c1=O. The lowest BCUT2D eigenvalue weighted by molar-refractivity contribution is 0.200. The van der Waals surface area contributed by atoms with Gasteiger partial charge in [-0.2, -0.15) is 0 Å². The number of hydrogen-bond acceptors (Lipinski definition) is 6. The maximum absolute atomic E-state index is 12.3. The van der Waals surface area contributed by atoms with Crippen molar-refractivity contribution in [1.82, 2.24) is 19.2 Å². The molecule has 9 heteroatoms. The molecule has 1 saturated heterocycles. The molecule has 26 heavy (non-hydrogen) atoms. The van der Waals surface area contributed by atoms with Crippen LogP contribution in [-0.4, -0.2) is 58.6 Å². The average molecular weight is 380 g/mol. The summed E-state index contributed by atoms with van der Waals surface area (Å²) in [5.41, 5.74) is -0.774. The van der Waals surface area contributed by atoms with E-state index in [-0.39, 0.29) is 5.56 Å². The molecular weight excluding hydrogens is 358 g/mol. The number of halogens is 1. The molecule has 0 N–H and O–H groups in total. The Morgan fingerprint density at radius 2 is 1.73 bits per heavy atom. The Labute approximate surface area is 156 Å². The van der Waals surface area contributed by atoms with Crippen LogP contribution in [0.25, 0.3) is 0 Å². The van der Waals surface area contributed by atoms with Gasteiger partial charge in [0.1, 0.15) is 12.4 Å². The summed E-state index contributed by atoms with van der Waals surface area (Å²) in [6.45, 7) is 4.36. The number of piperazine rings is 1. The fourth-order valence-corrected chi connectivity index (χ4v) is 3.01. The van der Waals surface area contributed by atoms with Crippen molar-refractivity contribution >= 4 is 17.4 Å². The summed E-state index contributed by atoms with van der Waals surface area (Å²) in [4.78, 5) is 28.2. The van der Waals surface area contributed by atoms with Gasteiger partial charge in [0.25, 0.3) is 5.56 Å². The second kappa shape index (κ2) is 7.92. The van der Waals surface area contributed by atoms with Crippen molar-refractivity contribution < 1.29 is 4.74 Å². The Morgan fingerprint density at radius 3 is 2.38 bits per heavy atom. The lowest BCUT2D eigenvalue weighted by Crippen LogP contribution is -2.51. The molecule has 0 unspecified atom stereocenters. The maximum atomic E-state index is 12.3. The summed E-state index contributed by atoms with van der Waals surface area (Å²) in [5.74, 6) is 1.12. The second-order valence-corrected chi connectivity index (χ2v) is 6.66. The first-order chi connectivity index (χ1) is 12.5. The molecule has 1 fully saturated rings. The van der Waals surface area contributed by atoms with Gasteiger partial charge < -0.3 is 9.64 Å². The number of benzene rings is 1. The van der Waals surface area contributed by atoms with Crippen LogP contribution in [0.2, 0.25) is 5.02 Å². The van der Waals surface area contributed by atoms with Crippen LogP contribution >= 0.6 is 11.6 Å². The molecule has 0 radical (unpaired) electrons. The van der Waals surface area contributed by atoms with Crippen molar-refractivity contribution in [2.45, 2.75) is 0 Å². The molecule has 0 spiro atoms. The van der Waals surface area contributed by atoms with Crippen molar-refractivity contribution in [2.75, 3.05) is 44.2 Å². The van der Waals surface area contributed by atoms with E-state index in [1.165, 1.54) is 11.7 Å². The number of anilines is 1. The fraction of sp³-hybridized carbons (Fsp3) is 0.471. The van der Waals surface area contributed by atoms with Crippen molar-refractivity contribution in [3.63, 3.8) is 0 Å². The molecule has 1 aliphatic heterocycles. The molecule has 140 valence electrons. The van der Waals surface area contributed by atoms with Crippen LogP contribution in [0.1, 0.15) is 0 Å². The number of aryl methyl sites for hydroxylation is 1. The zero-order chi connectivity index (χ0) is 18.7. The zero-order valence-corrected chi connectivity index (χ0v) is 15.6. The Hall–Kier alpha value is -2.32. The summed E-state index contributed by atoms with van der Waals surface area (Å²) in [6, 6.07) is 7.30. The number of ether oxygens (including phenoxy) is 1. The minimum Gasteiger partial charge on any atom is -0.492 e. The normalized spacial score (nSPS) is 15.3. The minimum absolute atomic E-state index is 0.326. The first kappa shape index (κ1) is 18.5. The van der Waals surface area contributed by atoms with Gasteiger partial charge in [0, 0.05) is 51.8 Å². The van der Waals surface area contributed by atoms with Crippen LogP contribution in [-0.2, 0) is 14.1 Å². The molecule has 0 bridgehead atoms. The molecule has 1 aromatic heterocycles. The van der Waals surface area contributed by atoms with Crippen molar-refractivity contribution in [2.24, 2.45) is 14.1 Å². The summed E-state index contributed by atoms with van der Waals surface area (Å²) >= 11 is 5.85. The first-order valence-corrected chi connectivity index (χ1v) is 8.83. The molecule has 1 aromatic carbocycles. The molecule has 2 heterocycles. The van der Waals surface area contributed by atoms with Gasteiger partial charge in [-0.3, -0.25) is 14.3 Å². The van der Waals surface area contributed by atoms with Gasteiger partial charge in [0.05, 0.1) is 0 Å². The van der Waals surface area contributed by atoms with Crippen molar-refractivity contribution in [3.05, 3.63) is 50.1 Å². The topological polar surface area (TPSA) is 72.6 Å². The van der Waals surface area contributed by atoms with Crippen LogP contribution in [0.3, 0.4) is 0 Å². The number of hydrogen-bond donors (Lipinski definition) is 0. The van der Waals surface area contributed by atoms with E-state index in [1.54, 1.807) is 19.2 Å². The largest absolute Gasteiger partial charge is 0.492 e. The van der Waals surface area contributed by atoms with E-state index >= 15 is 0 Å². The lowest BCUT2D eigenvalue weighted by Gasteiger charge is -2.34. The third-order valence-corrected chi connectivity index (χ3v) is 4.72. The Bertz CT molecular complexity index is 869. The van der Waals surface area contributed by atoms with Gasteiger partial charge in [-0.05, 0) is 24.3 Å². The van der Waals surface area contributed by atoms with E-state index in [2.05, 4.69) is 10.00 Å². The van der Waals surface area contributed by atoms with E-state index < -0.39 is 5.69 Å². The molecule has 3 rings (SSSR count). The van der Waals surface area contributed by atoms with Gasteiger partial charge >= 0.3 is 5.69 Å². The molecule has 1 aliphatic rings. The minimum atomic E-state index is -0.420. The fourth-order valence-electron chi connectivity index (χ4n) is 2.89. The monoisotopic (exact) mass is 379 g/mol. The molecule has 0 atom stereocenters. The summed E-state index contributed by atoms with van der Waals surface area (Å²) in [5, 5.41) is 4.82. The lowest BCUT2D eigenvalue weighted by atomic mass is 10.3. The zero-order valence-electron chi connectivity index (χ0n) is 14.9. The standard InChI is InChI=1S/C17H22ClN5O3/c1-20-16(24)15(19-21(2)17(20)25)23-9-7-22(8-10-23)11-12-26-14-5-3-13(18)4-6-14/h3-6H,7-12H2,1-2H3. The van der Waals surface area contributed by atoms with Crippen LogP contribution in [0.5, 0.6) is 5.75 Å². The number of rotatable bonds is 5. The van der Waals surface area contributed by atoms with E-state index in [4.69, 9.17) is 16.3 Å².